The summed E-state index contributed by atoms with van der Waals surface area (Å²) >= 11 is 0. The van der Waals surface area contributed by atoms with Crippen molar-refractivity contribution in [3.8, 4) is 5.75 Å². The second-order valence-corrected chi connectivity index (χ2v) is 11.3. The van der Waals surface area contributed by atoms with Gasteiger partial charge in [-0.1, -0.05) is 84.8 Å². The molecule has 40 heavy (non-hydrogen) atoms. The van der Waals surface area contributed by atoms with E-state index in [1.165, 1.54) is 38.3 Å². The number of benzene rings is 1. The summed E-state index contributed by atoms with van der Waals surface area (Å²) < 4.78 is 5.96. The van der Waals surface area contributed by atoms with E-state index >= 15 is 0 Å². The molecular weight excluding hydrogens is 510 g/mol. The number of phenols is 1. The van der Waals surface area contributed by atoms with Crippen LogP contribution in [0, 0.1) is 11.8 Å². The number of cyclic esters (lactones) is 1. The van der Waals surface area contributed by atoms with Gasteiger partial charge in [0, 0.05) is 6.42 Å². The van der Waals surface area contributed by atoms with Gasteiger partial charge in [0.25, 0.3) is 0 Å². The van der Waals surface area contributed by atoms with Gasteiger partial charge in [-0.2, -0.15) is 0 Å². The third kappa shape index (κ3) is 10.8. The Bertz CT molecular complexity index is 966. The molecule has 1 aromatic rings. The van der Waals surface area contributed by atoms with Gasteiger partial charge in [0.2, 0.25) is 17.7 Å². The minimum atomic E-state index is -0.955. The van der Waals surface area contributed by atoms with Crippen LogP contribution in [0.1, 0.15) is 98.0 Å². The Balaban J connectivity index is 2.29. The zero-order valence-electron chi connectivity index (χ0n) is 24.8. The van der Waals surface area contributed by atoms with E-state index in [1.54, 1.807) is 12.1 Å². The lowest BCUT2D eigenvalue weighted by Gasteiger charge is -2.29. The van der Waals surface area contributed by atoms with E-state index in [1.807, 2.05) is 20.8 Å². The quantitative estimate of drug-likeness (QED) is 0.225. The minimum absolute atomic E-state index is 0.0809. The molecule has 2 rings (SSSR count). The maximum atomic E-state index is 13.4. The summed E-state index contributed by atoms with van der Waals surface area (Å²) in [7, 11) is 0. The number of aromatic hydroxyl groups is 1. The number of amides is 3. The highest BCUT2D eigenvalue weighted by Crippen LogP contribution is 2.22. The van der Waals surface area contributed by atoms with E-state index in [2.05, 4.69) is 22.9 Å². The first-order chi connectivity index (χ1) is 19.0. The lowest BCUT2D eigenvalue weighted by Crippen LogP contribution is -2.55. The molecule has 9 nitrogen and oxygen atoms in total. The van der Waals surface area contributed by atoms with E-state index in [9.17, 15) is 24.3 Å². The summed E-state index contributed by atoms with van der Waals surface area (Å²) in [5, 5.41) is 17.9. The molecule has 224 valence electrons. The number of rotatable bonds is 12. The van der Waals surface area contributed by atoms with Crippen LogP contribution in [0.25, 0.3) is 0 Å². The molecule has 0 saturated carbocycles. The van der Waals surface area contributed by atoms with Crippen molar-refractivity contribution in [2.45, 2.75) is 123 Å². The van der Waals surface area contributed by atoms with Crippen molar-refractivity contribution in [2.24, 2.45) is 11.8 Å². The average molecular weight is 560 g/mol. The van der Waals surface area contributed by atoms with Gasteiger partial charge in [0.15, 0.2) is 0 Å². The van der Waals surface area contributed by atoms with Crippen molar-refractivity contribution >= 4 is 23.7 Å². The molecule has 1 aliphatic rings. The van der Waals surface area contributed by atoms with Gasteiger partial charge in [0.05, 0.1) is 6.42 Å². The fourth-order valence-corrected chi connectivity index (χ4v) is 4.85. The Labute approximate surface area is 239 Å². The largest absolute Gasteiger partial charge is 0.508 e. The molecule has 0 aliphatic carbocycles. The third-order valence-electron chi connectivity index (χ3n) is 7.85. The number of carbonyl (C=O) groups is 4. The zero-order valence-corrected chi connectivity index (χ0v) is 24.8. The number of hydrogen-bond donors (Lipinski definition) is 4. The van der Waals surface area contributed by atoms with Crippen molar-refractivity contribution in [3.63, 3.8) is 0 Å². The summed E-state index contributed by atoms with van der Waals surface area (Å²) in [6.07, 6.45) is 7.62. The number of hydrogen-bond acceptors (Lipinski definition) is 6. The molecule has 1 saturated heterocycles. The Kier molecular flexibility index (Phi) is 14.0. The van der Waals surface area contributed by atoms with Crippen LogP contribution in [0.2, 0.25) is 0 Å². The number of unbranched alkanes of at least 4 members (excludes halogenated alkanes) is 5. The molecule has 0 unspecified atom stereocenters. The Morgan fingerprint density at radius 1 is 0.875 bits per heavy atom. The summed E-state index contributed by atoms with van der Waals surface area (Å²) in [4.78, 5) is 52.9. The molecule has 0 aromatic heterocycles. The zero-order chi connectivity index (χ0) is 29.7. The highest BCUT2D eigenvalue weighted by atomic mass is 16.5. The summed E-state index contributed by atoms with van der Waals surface area (Å²) in [5.74, 6) is -2.16. The molecule has 1 aliphatic heterocycles. The molecule has 6 atom stereocenters. The van der Waals surface area contributed by atoms with Crippen LogP contribution < -0.4 is 16.0 Å². The number of esters is 1. The van der Waals surface area contributed by atoms with E-state index < -0.39 is 47.9 Å². The van der Waals surface area contributed by atoms with Crippen LogP contribution >= 0.6 is 0 Å². The normalized spacial score (nSPS) is 24.3. The topological polar surface area (TPSA) is 134 Å². The van der Waals surface area contributed by atoms with Gasteiger partial charge in [-0.05, 0) is 42.9 Å². The lowest BCUT2D eigenvalue weighted by molar-refractivity contribution is -0.158. The third-order valence-corrected chi connectivity index (χ3v) is 7.85. The van der Waals surface area contributed by atoms with Gasteiger partial charge < -0.3 is 25.8 Å². The van der Waals surface area contributed by atoms with Crippen molar-refractivity contribution in [1.82, 2.24) is 16.0 Å². The minimum Gasteiger partial charge on any atom is -0.508 e. The first-order valence-electron chi connectivity index (χ1n) is 14.9. The molecular formula is C31H49N3O6. The SMILES string of the molecule is CCCCCCCC[C@H](C)[C@@H]1CC(=O)N[C@@H](Cc2ccc(O)cc2)C(=O)N[C@@H](C)C(=O)N[C@H]([C@@H](C)CC)C(=O)O1. The van der Waals surface area contributed by atoms with Crippen LogP contribution in [-0.2, 0) is 30.3 Å². The monoisotopic (exact) mass is 559 g/mol. The van der Waals surface area contributed by atoms with Gasteiger partial charge >= 0.3 is 5.97 Å². The maximum absolute atomic E-state index is 13.4. The highest BCUT2D eigenvalue weighted by molar-refractivity contribution is 5.94. The van der Waals surface area contributed by atoms with Crippen molar-refractivity contribution in [2.75, 3.05) is 0 Å². The van der Waals surface area contributed by atoms with Crippen LogP contribution in [-0.4, -0.2) is 53.0 Å². The van der Waals surface area contributed by atoms with Gasteiger partial charge in [-0.15, -0.1) is 0 Å². The fourth-order valence-electron chi connectivity index (χ4n) is 4.85. The first kappa shape index (κ1) is 33.1. The van der Waals surface area contributed by atoms with E-state index in [-0.39, 0.29) is 30.4 Å². The molecule has 9 heteroatoms. The predicted octanol–water partition coefficient (Wildman–Crippen LogP) is 4.16. The molecule has 4 N–H and O–H groups in total. The average Bonchev–Trinajstić information content (AvgIpc) is 2.93. The number of nitrogens with one attached hydrogen (secondary N) is 3. The second kappa shape index (κ2) is 16.9. The molecule has 0 bridgehead atoms. The summed E-state index contributed by atoms with van der Waals surface area (Å²) in [5.41, 5.74) is 0.732. The molecule has 0 radical (unpaired) electrons. The standard InChI is InChI=1S/C31H49N3O6/c1-6-8-9-10-11-12-13-21(4)26-19-27(36)33-25(18-23-14-16-24(35)17-15-23)30(38)32-22(5)29(37)34-28(20(3)7-2)31(39)40-26/h14-17,20-22,25-26,28,35H,6-13,18-19H2,1-5H3,(H,32,38)(H,33,36)(H,34,37)/t20-,21-,22-,25-,26-,28+/m0/s1. The number of carbonyl (C=O) groups excluding carboxylic acids is 4. The number of ether oxygens (including phenoxy) is 1. The van der Waals surface area contributed by atoms with Crippen molar-refractivity contribution in [1.29, 1.82) is 0 Å². The lowest BCUT2D eigenvalue weighted by atomic mass is 9.93. The molecule has 1 heterocycles. The Hall–Kier alpha value is -3.10. The number of phenolic OH excluding ortho intramolecular Hbond substituents is 1. The van der Waals surface area contributed by atoms with Crippen molar-refractivity contribution in [3.05, 3.63) is 29.8 Å². The summed E-state index contributed by atoms with van der Waals surface area (Å²) in [6.45, 7) is 9.49. The Morgan fingerprint density at radius 2 is 1.52 bits per heavy atom. The molecule has 1 fully saturated rings. The van der Waals surface area contributed by atoms with Crippen LogP contribution in [0.5, 0.6) is 5.75 Å². The predicted molar refractivity (Wildman–Crippen MR) is 154 cm³/mol. The molecule has 3 amide bonds. The van der Waals surface area contributed by atoms with Gasteiger partial charge in [-0.25, -0.2) is 4.79 Å². The van der Waals surface area contributed by atoms with Crippen LogP contribution in [0.4, 0.5) is 0 Å². The van der Waals surface area contributed by atoms with E-state index in [0.717, 1.165) is 31.2 Å². The molecule has 1 aromatic carbocycles. The second-order valence-electron chi connectivity index (χ2n) is 11.3. The van der Waals surface area contributed by atoms with Gasteiger partial charge in [0.1, 0.15) is 30.0 Å². The van der Waals surface area contributed by atoms with Crippen LogP contribution in [0.3, 0.4) is 0 Å². The highest BCUT2D eigenvalue weighted by Gasteiger charge is 2.35. The first-order valence-corrected chi connectivity index (χ1v) is 14.9. The van der Waals surface area contributed by atoms with E-state index in [0.29, 0.717) is 6.42 Å². The Morgan fingerprint density at radius 3 is 2.17 bits per heavy atom. The smallest absolute Gasteiger partial charge is 0.329 e. The van der Waals surface area contributed by atoms with E-state index in [4.69, 9.17) is 4.74 Å². The summed E-state index contributed by atoms with van der Waals surface area (Å²) in [6, 6.07) is 3.60. The van der Waals surface area contributed by atoms with Crippen LogP contribution in [0.15, 0.2) is 24.3 Å². The fraction of sp³-hybridized carbons (Fsp3) is 0.677. The maximum Gasteiger partial charge on any atom is 0.329 e. The van der Waals surface area contributed by atoms with Crippen molar-refractivity contribution < 1.29 is 29.0 Å². The van der Waals surface area contributed by atoms with Gasteiger partial charge in [-0.3, -0.25) is 14.4 Å². The molecule has 0 spiro atoms.